The van der Waals surface area contributed by atoms with E-state index in [4.69, 9.17) is 12.2 Å². The fourth-order valence-corrected chi connectivity index (χ4v) is 6.68. The molecule has 5 nitrogen and oxygen atoms in total. The van der Waals surface area contributed by atoms with Crippen molar-refractivity contribution in [2.75, 3.05) is 6.54 Å². The molecule has 5 rings (SSSR count). The lowest BCUT2D eigenvalue weighted by molar-refractivity contribution is -0.136. The fraction of sp³-hybridized carbons (Fsp3) is 0.654. The van der Waals surface area contributed by atoms with Gasteiger partial charge in [0.25, 0.3) is 0 Å². The van der Waals surface area contributed by atoms with Crippen molar-refractivity contribution in [2.24, 2.45) is 17.8 Å². The quantitative estimate of drug-likeness (QED) is 0.669. The van der Waals surface area contributed by atoms with Crippen LogP contribution in [0.4, 0.5) is 0 Å². The maximum absolute atomic E-state index is 13.1. The molecule has 3 fully saturated rings. The van der Waals surface area contributed by atoms with Crippen LogP contribution >= 0.6 is 12.2 Å². The van der Waals surface area contributed by atoms with E-state index in [1.807, 2.05) is 4.90 Å². The van der Waals surface area contributed by atoms with Crippen LogP contribution in [0, 0.1) is 17.8 Å². The van der Waals surface area contributed by atoms with Crippen molar-refractivity contribution in [3.05, 3.63) is 35.4 Å². The Morgan fingerprint density at radius 3 is 2.66 bits per heavy atom. The number of carbonyl (C=O) groups is 2. The number of amides is 2. The molecular formula is C26H35N3O2S. The second kappa shape index (κ2) is 9.50. The van der Waals surface area contributed by atoms with Crippen molar-refractivity contribution in [1.29, 1.82) is 0 Å². The van der Waals surface area contributed by atoms with E-state index < -0.39 is 0 Å². The van der Waals surface area contributed by atoms with Gasteiger partial charge in [0.15, 0.2) is 5.11 Å². The number of carbonyl (C=O) groups excluding carboxylic acids is 2. The van der Waals surface area contributed by atoms with Gasteiger partial charge in [0.1, 0.15) is 0 Å². The van der Waals surface area contributed by atoms with Gasteiger partial charge >= 0.3 is 0 Å². The Balaban J connectivity index is 1.13. The predicted octanol–water partition coefficient (Wildman–Crippen LogP) is 4.26. The molecule has 0 radical (unpaired) electrons. The monoisotopic (exact) mass is 453 g/mol. The topological polar surface area (TPSA) is 61.4 Å². The zero-order chi connectivity index (χ0) is 22.1. The molecule has 0 bridgehead atoms. The smallest absolute Gasteiger partial charge is 0.233 e. The summed E-state index contributed by atoms with van der Waals surface area (Å²) < 4.78 is 0. The SMILES string of the molecule is O=C(NC1CCCc2ccccc21)C1CCC(CN2C(=O)C3CCCCC3NC2=S)CC1. The zero-order valence-corrected chi connectivity index (χ0v) is 19.7. The Bertz CT molecular complexity index is 880. The molecule has 1 aliphatic heterocycles. The average Bonchev–Trinajstić information content (AvgIpc) is 2.82. The predicted molar refractivity (Wildman–Crippen MR) is 129 cm³/mol. The number of thiocarbonyl (C=S) groups is 1. The summed E-state index contributed by atoms with van der Waals surface area (Å²) in [6.07, 6.45) is 11.4. The van der Waals surface area contributed by atoms with E-state index in [0.717, 1.165) is 64.2 Å². The van der Waals surface area contributed by atoms with Crippen LogP contribution in [0.15, 0.2) is 24.3 Å². The summed E-state index contributed by atoms with van der Waals surface area (Å²) in [6.45, 7) is 0.707. The molecule has 2 saturated carbocycles. The third kappa shape index (κ3) is 4.43. The standard InChI is InChI=1S/C26H35N3O2S/c30-24(27-22-11-5-7-18-6-1-2-8-20(18)22)19-14-12-17(13-15-19)16-29-25(31)21-9-3-4-10-23(21)28-26(29)32/h1-2,6,8,17,19,21-23H,3-5,7,9-16H2,(H,27,30)(H,28,32). The molecule has 0 aromatic heterocycles. The highest BCUT2D eigenvalue weighted by Crippen LogP contribution is 2.35. The third-order valence-corrected chi connectivity index (χ3v) is 8.59. The normalized spacial score (nSPS) is 32.5. The number of benzene rings is 1. The van der Waals surface area contributed by atoms with Crippen LogP contribution in [-0.4, -0.2) is 34.4 Å². The van der Waals surface area contributed by atoms with Gasteiger partial charge in [0, 0.05) is 18.5 Å². The van der Waals surface area contributed by atoms with Gasteiger partial charge in [-0.05, 0) is 87.1 Å². The molecule has 3 atom stereocenters. The van der Waals surface area contributed by atoms with E-state index in [0.29, 0.717) is 17.6 Å². The number of aryl methyl sites for hydroxylation is 1. The third-order valence-electron chi connectivity index (χ3n) is 8.25. The molecule has 0 spiro atoms. The number of hydrogen-bond acceptors (Lipinski definition) is 3. The Morgan fingerprint density at radius 2 is 1.81 bits per heavy atom. The van der Waals surface area contributed by atoms with Crippen molar-refractivity contribution in [2.45, 2.75) is 82.7 Å². The van der Waals surface area contributed by atoms with Crippen LogP contribution in [-0.2, 0) is 16.0 Å². The van der Waals surface area contributed by atoms with E-state index >= 15 is 0 Å². The lowest BCUT2D eigenvalue weighted by Crippen LogP contribution is -2.61. The molecule has 1 heterocycles. The van der Waals surface area contributed by atoms with E-state index in [2.05, 4.69) is 34.9 Å². The first-order valence-electron chi connectivity index (χ1n) is 12.6. The molecule has 1 saturated heterocycles. The van der Waals surface area contributed by atoms with Gasteiger partial charge in [-0.1, -0.05) is 37.1 Å². The van der Waals surface area contributed by atoms with Crippen molar-refractivity contribution >= 4 is 29.1 Å². The molecule has 6 heteroatoms. The fourth-order valence-electron chi connectivity index (χ4n) is 6.37. The molecule has 2 N–H and O–H groups in total. The number of nitrogens with zero attached hydrogens (tertiary/aromatic N) is 1. The summed E-state index contributed by atoms with van der Waals surface area (Å²) >= 11 is 5.56. The van der Waals surface area contributed by atoms with Crippen LogP contribution in [0.3, 0.4) is 0 Å². The number of rotatable bonds is 4. The zero-order valence-electron chi connectivity index (χ0n) is 18.9. The summed E-state index contributed by atoms with van der Waals surface area (Å²) in [5.74, 6) is 1.05. The summed E-state index contributed by atoms with van der Waals surface area (Å²) in [6, 6.07) is 8.92. The Hall–Kier alpha value is -1.95. The largest absolute Gasteiger partial charge is 0.359 e. The minimum Gasteiger partial charge on any atom is -0.359 e. The van der Waals surface area contributed by atoms with E-state index in [9.17, 15) is 9.59 Å². The molecular weight excluding hydrogens is 418 g/mol. The maximum atomic E-state index is 13.1. The van der Waals surface area contributed by atoms with Crippen molar-refractivity contribution < 1.29 is 9.59 Å². The minimum absolute atomic E-state index is 0.0881. The van der Waals surface area contributed by atoms with Gasteiger partial charge in [-0.2, -0.15) is 0 Å². The highest BCUT2D eigenvalue weighted by molar-refractivity contribution is 7.80. The van der Waals surface area contributed by atoms with Crippen molar-refractivity contribution in [3.63, 3.8) is 0 Å². The van der Waals surface area contributed by atoms with Gasteiger partial charge in [0.05, 0.1) is 12.0 Å². The second-order valence-electron chi connectivity index (χ2n) is 10.3. The van der Waals surface area contributed by atoms with E-state index in [1.54, 1.807) is 0 Å². The van der Waals surface area contributed by atoms with Crippen LogP contribution in [0.25, 0.3) is 0 Å². The Labute approximate surface area is 196 Å². The first kappa shape index (κ1) is 21.9. The van der Waals surface area contributed by atoms with Crippen molar-refractivity contribution in [1.82, 2.24) is 15.5 Å². The van der Waals surface area contributed by atoms with Crippen molar-refractivity contribution in [3.8, 4) is 0 Å². The van der Waals surface area contributed by atoms with Crippen LogP contribution in [0.5, 0.6) is 0 Å². The average molecular weight is 454 g/mol. The molecule has 1 aromatic rings. The molecule has 3 aliphatic carbocycles. The van der Waals surface area contributed by atoms with Gasteiger partial charge in [-0.25, -0.2) is 0 Å². The van der Waals surface area contributed by atoms with Crippen LogP contribution in [0.1, 0.15) is 81.4 Å². The lowest BCUT2D eigenvalue weighted by Gasteiger charge is -2.43. The molecule has 2 amide bonds. The van der Waals surface area contributed by atoms with Gasteiger partial charge in [-0.15, -0.1) is 0 Å². The first-order valence-corrected chi connectivity index (χ1v) is 13.0. The van der Waals surface area contributed by atoms with Gasteiger partial charge in [-0.3, -0.25) is 14.5 Å². The number of nitrogens with one attached hydrogen (secondary N) is 2. The maximum Gasteiger partial charge on any atom is 0.233 e. The summed E-state index contributed by atoms with van der Waals surface area (Å²) in [5, 5.41) is 7.41. The molecule has 172 valence electrons. The first-order chi connectivity index (χ1) is 15.6. The summed E-state index contributed by atoms with van der Waals surface area (Å²) in [4.78, 5) is 27.9. The number of fused-ring (bicyclic) bond motifs is 2. The lowest BCUT2D eigenvalue weighted by atomic mass is 9.79. The minimum atomic E-state index is 0.0881. The molecule has 3 unspecified atom stereocenters. The summed E-state index contributed by atoms with van der Waals surface area (Å²) in [5.41, 5.74) is 2.68. The highest BCUT2D eigenvalue weighted by atomic mass is 32.1. The highest BCUT2D eigenvalue weighted by Gasteiger charge is 2.41. The van der Waals surface area contributed by atoms with Crippen LogP contribution < -0.4 is 10.6 Å². The number of hydrogen-bond donors (Lipinski definition) is 2. The molecule has 1 aromatic carbocycles. The van der Waals surface area contributed by atoms with Gasteiger partial charge in [0.2, 0.25) is 11.8 Å². The second-order valence-corrected chi connectivity index (χ2v) is 10.7. The molecule has 32 heavy (non-hydrogen) atoms. The molecule has 4 aliphatic rings. The van der Waals surface area contributed by atoms with E-state index in [-0.39, 0.29) is 35.7 Å². The Kier molecular flexibility index (Phi) is 6.49. The Morgan fingerprint density at radius 1 is 1.03 bits per heavy atom. The van der Waals surface area contributed by atoms with Crippen LogP contribution in [0.2, 0.25) is 0 Å². The summed E-state index contributed by atoms with van der Waals surface area (Å²) in [7, 11) is 0. The van der Waals surface area contributed by atoms with E-state index in [1.165, 1.54) is 17.5 Å². The van der Waals surface area contributed by atoms with Gasteiger partial charge < -0.3 is 10.6 Å².